The number of carbonyl (C=O) groups is 3. The van der Waals surface area contributed by atoms with E-state index in [2.05, 4.69) is 15.5 Å². The molecular formula is C25H24N4O7S3. The van der Waals surface area contributed by atoms with Crippen molar-refractivity contribution in [1.82, 2.24) is 20.4 Å². The predicted octanol–water partition coefficient (Wildman–Crippen LogP) is 3.56. The zero-order valence-corrected chi connectivity index (χ0v) is 23.4. The summed E-state index contributed by atoms with van der Waals surface area (Å²) in [5.74, 6) is 0.418. The van der Waals surface area contributed by atoms with Crippen molar-refractivity contribution in [3.8, 4) is 11.5 Å². The van der Waals surface area contributed by atoms with E-state index < -0.39 is 29.2 Å². The molecule has 0 radical (unpaired) electrons. The van der Waals surface area contributed by atoms with Crippen LogP contribution >= 0.6 is 34.9 Å². The molecule has 0 bridgehead atoms. The van der Waals surface area contributed by atoms with Crippen molar-refractivity contribution in [2.24, 2.45) is 0 Å². The van der Waals surface area contributed by atoms with Crippen molar-refractivity contribution in [1.29, 1.82) is 0 Å². The standard InChI is InChI=1S/C25H24N4O7S3/c1-3-34-15-4-6-16(7-5-15)35-10-17-8-9-18(36-17)21(30)26-19-22(31)29-20(24(32)33)14(11-37-23(19)29)12-38-25-28-27-13(2)39-25/h4-9,19,23H,3,10-12H2,1-2H3,(H,26,30)(H,32,33). The molecule has 0 spiro atoms. The van der Waals surface area contributed by atoms with Gasteiger partial charge in [0.2, 0.25) is 0 Å². The Kier molecular flexibility index (Phi) is 8.14. The van der Waals surface area contributed by atoms with Gasteiger partial charge in [-0.05, 0) is 55.8 Å². The summed E-state index contributed by atoms with van der Waals surface area (Å²) < 4.78 is 17.5. The van der Waals surface area contributed by atoms with E-state index in [-0.39, 0.29) is 18.1 Å². The number of carboxylic acid groups (broad SMARTS) is 1. The molecule has 3 aromatic rings. The lowest BCUT2D eigenvalue weighted by Gasteiger charge is -2.49. The molecule has 0 saturated carbocycles. The van der Waals surface area contributed by atoms with Crippen LogP contribution in [0.1, 0.15) is 28.2 Å². The van der Waals surface area contributed by atoms with Gasteiger partial charge in [-0.1, -0.05) is 23.1 Å². The Hall–Kier alpha value is -3.49. The maximum Gasteiger partial charge on any atom is 0.352 e. The Bertz CT molecular complexity index is 1420. The lowest BCUT2D eigenvalue weighted by atomic mass is 10.0. The van der Waals surface area contributed by atoms with Crippen molar-refractivity contribution in [3.05, 3.63) is 64.2 Å². The third-order valence-electron chi connectivity index (χ3n) is 5.82. The maximum atomic E-state index is 12.9. The Morgan fingerprint density at radius 1 is 1.18 bits per heavy atom. The van der Waals surface area contributed by atoms with E-state index in [1.54, 1.807) is 30.3 Å². The first-order chi connectivity index (χ1) is 18.8. The van der Waals surface area contributed by atoms with E-state index >= 15 is 0 Å². The first-order valence-corrected chi connectivity index (χ1v) is 14.8. The van der Waals surface area contributed by atoms with Gasteiger partial charge in [-0.3, -0.25) is 14.5 Å². The second-order valence-electron chi connectivity index (χ2n) is 8.45. The van der Waals surface area contributed by atoms with Gasteiger partial charge in [-0.15, -0.1) is 22.0 Å². The van der Waals surface area contributed by atoms with Crippen LogP contribution < -0.4 is 14.8 Å². The summed E-state index contributed by atoms with van der Waals surface area (Å²) in [5, 5.41) is 20.9. The number of aliphatic carboxylic acids is 1. The van der Waals surface area contributed by atoms with Gasteiger partial charge in [-0.2, -0.15) is 0 Å². The Morgan fingerprint density at radius 3 is 2.59 bits per heavy atom. The van der Waals surface area contributed by atoms with Crippen LogP contribution in [0.3, 0.4) is 0 Å². The Morgan fingerprint density at radius 2 is 1.92 bits per heavy atom. The zero-order chi connectivity index (χ0) is 27.5. The van der Waals surface area contributed by atoms with Crippen molar-refractivity contribution in [2.75, 3.05) is 18.1 Å². The molecule has 204 valence electrons. The third-order valence-corrected chi connectivity index (χ3v) is 9.21. The van der Waals surface area contributed by atoms with Crippen molar-refractivity contribution < 1.29 is 33.4 Å². The molecule has 1 aromatic carbocycles. The molecule has 2 aromatic heterocycles. The van der Waals surface area contributed by atoms with Crippen LogP contribution in [0.2, 0.25) is 0 Å². The normalized spacial score (nSPS) is 18.4. The number of carbonyl (C=O) groups excluding carboxylic acids is 2. The molecule has 2 unspecified atom stereocenters. The van der Waals surface area contributed by atoms with Crippen LogP contribution in [-0.4, -0.2) is 67.5 Å². The summed E-state index contributed by atoms with van der Waals surface area (Å²) in [4.78, 5) is 39.1. The maximum absolute atomic E-state index is 12.9. The van der Waals surface area contributed by atoms with Crippen LogP contribution in [0.5, 0.6) is 11.5 Å². The number of ether oxygens (including phenoxy) is 2. The van der Waals surface area contributed by atoms with E-state index in [4.69, 9.17) is 13.9 Å². The van der Waals surface area contributed by atoms with E-state index in [0.29, 0.717) is 35.2 Å². The highest BCUT2D eigenvalue weighted by Gasteiger charge is 2.54. The molecular weight excluding hydrogens is 564 g/mol. The SMILES string of the molecule is CCOc1ccc(OCc2ccc(C(=O)NC3C(=O)N4C(C(=O)O)=C(CSc5nnc(C)s5)CSC34)o2)cc1. The fraction of sp³-hybridized carbons (Fsp3) is 0.320. The smallest absolute Gasteiger partial charge is 0.352 e. The van der Waals surface area contributed by atoms with E-state index in [9.17, 15) is 19.5 Å². The number of nitrogens with zero attached hydrogens (tertiary/aromatic N) is 3. The van der Waals surface area contributed by atoms with E-state index in [0.717, 1.165) is 15.1 Å². The molecule has 2 atom stereocenters. The summed E-state index contributed by atoms with van der Waals surface area (Å²) in [6, 6.07) is 9.43. The number of aromatic nitrogens is 2. The molecule has 1 fully saturated rings. The first kappa shape index (κ1) is 27.1. The average molecular weight is 589 g/mol. The summed E-state index contributed by atoms with van der Waals surface area (Å²) in [6.07, 6.45) is 0. The minimum absolute atomic E-state index is 0.0327. The highest BCUT2D eigenvalue weighted by Crippen LogP contribution is 2.42. The number of carboxylic acids is 1. The van der Waals surface area contributed by atoms with Gasteiger partial charge in [0.1, 0.15) is 46.0 Å². The first-order valence-electron chi connectivity index (χ1n) is 11.9. The van der Waals surface area contributed by atoms with Gasteiger partial charge >= 0.3 is 5.97 Å². The van der Waals surface area contributed by atoms with Crippen LogP contribution in [0, 0.1) is 6.92 Å². The van der Waals surface area contributed by atoms with Gasteiger partial charge in [0, 0.05) is 11.5 Å². The molecule has 0 aliphatic carbocycles. The Labute approximate surface area is 235 Å². The molecule has 2 aliphatic rings. The van der Waals surface area contributed by atoms with Crippen LogP contribution in [0.4, 0.5) is 0 Å². The number of hydrogen-bond acceptors (Lipinski definition) is 11. The predicted molar refractivity (Wildman–Crippen MR) is 145 cm³/mol. The molecule has 5 rings (SSSR count). The minimum atomic E-state index is -1.18. The molecule has 11 nitrogen and oxygen atoms in total. The van der Waals surface area contributed by atoms with Crippen LogP contribution in [0.15, 0.2) is 56.4 Å². The fourth-order valence-corrected chi connectivity index (χ4v) is 7.32. The van der Waals surface area contributed by atoms with Crippen molar-refractivity contribution >= 4 is 52.6 Å². The molecule has 2 amide bonds. The second-order valence-corrected chi connectivity index (χ2v) is 12.0. The zero-order valence-electron chi connectivity index (χ0n) is 20.9. The topological polar surface area (TPSA) is 144 Å². The number of rotatable bonds is 11. The lowest BCUT2D eigenvalue weighted by Crippen LogP contribution is -2.70. The van der Waals surface area contributed by atoms with E-state index in [1.807, 2.05) is 13.8 Å². The third kappa shape index (κ3) is 5.92. The van der Waals surface area contributed by atoms with Gasteiger partial charge < -0.3 is 24.3 Å². The summed E-state index contributed by atoms with van der Waals surface area (Å²) >= 11 is 4.23. The highest BCUT2D eigenvalue weighted by atomic mass is 32.2. The van der Waals surface area contributed by atoms with Crippen molar-refractivity contribution in [2.45, 2.75) is 36.2 Å². The summed E-state index contributed by atoms with van der Waals surface area (Å²) in [7, 11) is 0. The minimum Gasteiger partial charge on any atom is -0.494 e. The highest BCUT2D eigenvalue weighted by molar-refractivity contribution is 8.01. The van der Waals surface area contributed by atoms with Gasteiger partial charge in [-0.25, -0.2) is 4.79 Å². The number of nitrogens with one attached hydrogen (secondary N) is 1. The number of thioether (sulfide) groups is 2. The van der Waals surface area contributed by atoms with Gasteiger partial charge in [0.25, 0.3) is 11.8 Å². The molecule has 4 heterocycles. The number of fused-ring (bicyclic) bond motifs is 1. The van der Waals surface area contributed by atoms with Crippen LogP contribution in [0.25, 0.3) is 0 Å². The summed E-state index contributed by atoms with van der Waals surface area (Å²) in [5.41, 5.74) is 0.595. The van der Waals surface area contributed by atoms with Crippen molar-refractivity contribution in [3.63, 3.8) is 0 Å². The summed E-state index contributed by atoms with van der Waals surface area (Å²) in [6.45, 7) is 4.44. The number of aryl methyl sites for hydroxylation is 1. The number of hydrogen-bond donors (Lipinski definition) is 2. The Balaban J connectivity index is 1.18. The average Bonchev–Trinajstić information content (AvgIpc) is 3.58. The van der Waals surface area contributed by atoms with Gasteiger partial charge in [0.05, 0.1) is 6.61 Å². The van der Waals surface area contributed by atoms with Gasteiger partial charge in [0.15, 0.2) is 10.1 Å². The van der Waals surface area contributed by atoms with Crippen LogP contribution in [-0.2, 0) is 16.2 Å². The molecule has 2 aliphatic heterocycles. The molecule has 39 heavy (non-hydrogen) atoms. The number of β-lactam (4-membered cyclic amide) rings is 1. The second kappa shape index (κ2) is 11.7. The quantitative estimate of drug-likeness (QED) is 0.251. The molecule has 1 saturated heterocycles. The lowest BCUT2D eigenvalue weighted by molar-refractivity contribution is -0.148. The number of furan rings is 1. The fourth-order valence-electron chi connectivity index (χ4n) is 4.02. The molecule has 2 N–H and O–H groups in total. The number of benzene rings is 1. The monoisotopic (exact) mass is 588 g/mol. The largest absolute Gasteiger partial charge is 0.494 e. The molecule has 14 heteroatoms. The van der Waals surface area contributed by atoms with E-state index in [1.165, 1.54) is 45.8 Å². The number of amides is 2.